The molecule has 3 N–H and O–H groups in total. The van der Waals surface area contributed by atoms with Crippen molar-refractivity contribution in [3.63, 3.8) is 0 Å². The van der Waals surface area contributed by atoms with E-state index in [1.165, 1.54) is 24.8 Å². The first-order valence-corrected chi connectivity index (χ1v) is 7.42. The first kappa shape index (κ1) is 14.4. The molecule has 0 spiro atoms. The highest BCUT2D eigenvalue weighted by Crippen LogP contribution is 2.29. The highest BCUT2D eigenvalue weighted by Gasteiger charge is 2.24. The van der Waals surface area contributed by atoms with Crippen LogP contribution >= 0.6 is 0 Å². The van der Waals surface area contributed by atoms with E-state index in [4.69, 9.17) is 10.5 Å². The minimum atomic E-state index is 0.193. The summed E-state index contributed by atoms with van der Waals surface area (Å²) in [5, 5.41) is 3.71. The summed E-state index contributed by atoms with van der Waals surface area (Å²) in [6.07, 6.45) is 3.84. The van der Waals surface area contributed by atoms with Crippen molar-refractivity contribution in [3.05, 3.63) is 29.8 Å². The number of hydrogen-bond donors (Lipinski definition) is 2. The van der Waals surface area contributed by atoms with E-state index >= 15 is 0 Å². The molecule has 1 aliphatic carbocycles. The molecule has 1 aliphatic rings. The van der Waals surface area contributed by atoms with Crippen LogP contribution in [0.2, 0.25) is 0 Å². The van der Waals surface area contributed by atoms with E-state index in [2.05, 4.69) is 24.4 Å². The molecule has 3 heteroatoms. The van der Waals surface area contributed by atoms with Gasteiger partial charge in [-0.25, -0.2) is 0 Å². The van der Waals surface area contributed by atoms with Crippen LogP contribution in [0.3, 0.4) is 0 Å². The lowest BCUT2D eigenvalue weighted by Crippen LogP contribution is -2.35. The average molecular weight is 262 g/mol. The van der Waals surface area contributed by atoms with Crippen LogP contribution in [0.25, 0.3) is 0 Å². The van der Waals surface area contributed by atoms with E-state index in [0.29, 0.717) is 19.2 Å². The largest absolute Gasteiger partial charge is 0.494 e. The van der Waals surface area contributed by atoms with Crippen molar-refractivity contribution < 1.29 is 4.74 Å². The fourth-order valence-electron chi connectivity index (χ4n) is 2.98. The summed E-state index contributed by atoms with van der Waals surface area (Å²) in [5.74, 6) is 1.79. The van der Waals surface area contributed by atoms with Crippen molar-refractivity contribution in [2.75, 3.05) is 13.2 Å². The van der Waals surface area contributed by atoms with Gasteiger partial charge < -0.3 is 15.8 Å². The SMILES string of the molecule is CCOc1ccccc1C(CN)NC1CCC(C)C1. The van der Waals surface area contributed by atoms with Gasteiger partial charge in [-0.05, 0) is 38.2 Å². The highest BCUT2D eigenvalue weighted by molar-refractivity contribution is 5.36. The fraction of sp³-hybridized carbons (Fsp3) is 0.625. The van der Waals surface area contributed by atoms with Gasteiger partial charge in [0.05, 0.1) is 6.61 Å². The molecule has 1 aromatic rings. The van der Waals surface area contributed by atoms with Crippen molar-refractivity contribution in [3.8, 4) is 5.75 Å². The number of benzene rings is 1. The Bertz CT molecular complexity index is 394. The highest BCUT2D eigenvalue weighted by atomic mass is 16.5. The van der Waals surface area contributed by atoms with Gasteiger partial charge in [-0.1, -0.05) is 25.1 Å². The van der Waals surface area contributed by atoms with Gasteiger partial charge in [0, 0.05) is 24.2 Å². The molecule has 0 amide bonds. The molecule has 0 aliphatic heterocycles. The summed E-state index contributed by atoms with van der Waals surface area (Å²) in [4.78, 5) is 0. The minimum Gasteiger partial charge on any atom is -0.494 e. The fourth-order valence-corrected chi connectivity index (χ4v) is 2.98. The molecule has 0 heterocycles. The Labute approximate surface area is 116 Å². The second-order valence-electron chi connectivity index (χ2n) is 5.54. The van der Waals surface area contributed by atoms with Gasteiger partial charge in [-0.2, -0.15) is 0 Å². The van der Waals surface area contributed by atoms with Crippen molar-refractivity contribution in [1.82, 2.24) is 5.32 Å². The zero-order valence-electron chi connectivity index (χ0n) is 12.1. The molecular weight excluding hydrogens is 236 g/mol. The summed E-state index contributed by atoms with van der Waals surface area (Å²) in [5.41, 5.74) is 7.15. The van der Waals surface area contributed by atoms with Crippen molar-refractivity contribution in [2.24, 2.45) is 11.7 Å². The zero-order chi connectivity index (χ0) is 13.7. The van der Waals surface area contributed by atoms with E-state index in [9.17, 15) is 0 Å². The number of nitrogens with two attached hydrogens (primary N) is 1. The quantitative estimate of drug-likeness (QED) is 0.828. The van der Waals surface area contributed by atoms with Gasteiger partial charge in [0.2, 0.25) is 0 Å². The third-order valence-corrected chi connectivity index (χ3v) is 3.96. The molecule has 0 aromatic heterocycles. The predicted octanol–water partition coefficient (Wildman–Crippen LogP) is 2.86. The van der Waals surface area contributed by atoms with Gasteiger partial charge in [-0.3, -0.25) is 0 Å². The van der Waals surface area contributed by atoms with E-state index in [1.54, 1.807) is 0 Å². The molecular formula is C16H26N2O. The molecule has 0 bridgehead atoms. The van der Waals surface area contributed by atoms with Crippen molar-refractivity contribution in [2.45, 2.75) is 45.2 Å². The summed E-state index contributed by atoms with van der Waals surface area (Å²) in [7, 11) is 0. The Morgan fingerprint density at radius 2 is 2.16 bits per heavy atom. The lowest BCUT2D eigenvalue weighted by Gasteiger charge is -2.24. The van der Waals surface area contributed by atoms with Crippen LogP contribution in [0.15, 0.2) is 24.3 Å². The van der Waals surface area contributed by atoms with E-state index in [-0.39, 0.29) is 6.04 Å². The van der Waals surface area contributed by atoms with Crippen LogP contribution in [0.5, 0.6) is 5.75 Å². The Morgan fingerprint density at radius 1 is 1.37 bits per heavy atom. The number of rotatable bonds is 6. The minimum absolute atomic E-state index is 0.193. The molecule has 0 radical (unpaired) electrons. The van der Waals surface area contributed by atoms with E-state index in [0.717, 1.165) is 11.7 Å². The van der Waals surface area contributed by atoms with Gasteiger partial charge >= 0.3 is 0 Å². The van der Waals surface area contributed by atoms with Crippen LogP contribution in [0.4, 0.5) is 0 Å². The summed E-state index contributed by atoms with van der Waals surface area (Å²) < 4.78 is 5.71. The Hall–Kier alpha value is -1.06. The molecule has 3 nitrogen and oxygen atoms in total. The smallest absolute Gasteiger partial charge is 0.124 e. The van der Waals surface area contributed by atoms with Crippen LogP contribution in [-0.4, -0.2) is 19.2 Å². The number of ether oxygens (including phenoxy) is 1. The second-order valence-corrected chi connectivity index (χ2v) is 5.54. The molecule has 1 saturated carbocycles. The van der Waals surface area contributed by atoms with Crippen LogP contribution in [0.1, 0.15) is 44.7 Å². The molecule has 1 aromatic carbocycles. The molecule has 106 valence electrons. The molecule has 3 unspecified atom stereocenters. The normalized spacial score (nSPS) is 24.4. The monoisotopic (exact) mass is 262 g/mol. The lowest BCUT2D eigenvalue weighted by atomic mass is 10.0. The Morgan fingerprint density at radius 3 is 2.79 bits per heavy atom. The van der Waals surface area contributed by atoms with Crippen LogP contribution in [0, 0.1) is 5.92 Å². The van der Waals surface area contributed by atoms with Gasteiger partial charge in [0.1, 0.15) is 5.75 Å². The third kappa shape index (κ3) is 3.71. The Kier molecular flexibility index (Phi) is 5.23. The summed E-state index contributed by atoms with van der Waals surface area (Å²) >= 11 is 0. The number of hydrogen-bond acceptors (Lipinski definition) is 3. The van der Waals surface area contributed by atoms with Crippen molar-refractivity contribution >= 4 is 0 Å². The standard InChI is InChI=1S/C16H26N2O/c1-3-19-16-7-5-4-6-14(16)15(11-17)18-13-9-8-12(2)10-13/h4-7,12-13,15,18H,3,8-11,17H2,1-2H3. The first-order chi connectivity index (χ1) is 9.24. The summed E-state index contributed by atoms with van der Waals surface area (Å²) in [6, 6.07) is 9.00. The third-order valence-electron chi connectivity index (χ3n) is 3.96. The van der Waals surface area contributed by atoms with E-state index < -0.39 is 0 Å². The zero-order valence-corrected chi connectivity index (χ0v) is 12.1. The predicted molar refractivity (Wildman–Crippen MR) is 79.3 cm³/mol. The maximum atomic E-state index is 5.96. The van der Waals surface area contributed by atoms with Gasteiger partial charge in [0.15, 0.2) is 0 Å². The topological polar surface area (TPSA) is 47.3 Å². The maximum Gasteiger partial charge on any atom is 0.124 e. The molecule has 0 saturated heterocycles. The maximum absolute atomic E-state index is 5.96. The number of para-hydroxylation sites is 1. The van der Waals surface area contributed by atoms with Crippen LogP contribution < -0.4 is 15.8 Å². The molecule has 19 heavy (non-hydrogen) atoms. The van der Waals surface area contributed by atoms with Crippen molar-refractivity contribution in [1.29, 1.82) is 0 Å². The Balaban J connectivity index is 2.08. The molecule has 3 atom stereocenters. The molecule has 2 rings (SSSR count). The lowest BCUT2D eigenvalue weighted by molar-refractivity contribution is 0.328. The molecule has 1 fully saturated rings. The summed E-state index contributed by atoms with van der Waals surface area (Å²) in [6.45, 7) is 5.64. The average Bonchev–Trinajstić information content (AvgIpc) is 2.83. The van der Waals surface area contributed by atoms with Gasteiger partial charge in [0.25, 0.3) is 0 Å². The first-order valence-electron chi connectivity index (χ1n) is 7.42. The van der Waals surface area contributed by atoms with E-state index in [1.807, 2.05) is 19.1 Å². The second kappa shape index (κ2) is 6.92. The van der Waals surface area contributed by atoms with Gasteiger partial charge in [-0.15, -0.1) is 0 Å². The van der Waals surface area contributed by atoms with Crippen LogP contribution in [-0.2, 0) is 0 Å². The number of nitrogens with one attached hydrogen (secondary N) is 1.